The number of hydrogen-bond acceptors (Lipinski definition) is 4. The van der Waals surface area contributed by atoms with Crippen molar-refractivity contribution in [2.24, 2.45) is 0 Å². The van der Waals surface area contributed by atoms with Gasteiger partial charge in [0.2, 0.25) is 10.0 Å². The SMILES string of the molecule is CC(CCS(C)=O)NS(=O)(=O)CC#N. The highest BCUT2D eigenvalue weighted by Gasteiger charge is 2.13. The van der Waals surface area contributed by atoms with Gasteiger partial charge in [0, 0.05) is 28.9 Å². The molecule has 0 radical (unpaired) electrons. The normalized spacial score (nSPS) is 15.8. The van der Waals surface area contributed by atoms with Gasteiger partial charge in [-0.3, -0.25) is 4.21 Å². The van der Waals surface area contributed by atoms with E-state index in [1.54, 1.807) is 19.2 Å². The third kappa shape index (κ3) is 7.00. The van der Waals surface area contributed by atoms with E-state index >= 15 is 0 Å². The molecule has 82 valence electrons. The van der Waals surface area contributed by atoms with Crippen LogP contribution in [0.15, 0.2) is 0 Å². The molecule has 0 spiro atoms. The Kier molecular flexibility index (Phi) is 5.92. The molecule has 0 aromatic carbocycles. The summed E-state index contributed by atoms with van der Waals surface area (Å²) in [6.07, 6.45) is 2.07. The molecule has 0 rings (SSSR count). The molecule has 0 heterocycles. The molecular weight excluding hydrogens is 224 g/mol. The van der Waals surface area contributed by atoms with Crippen LogP contribution in [0.3, 0.4) is 0 Å². The summed E-state index contributed by atoms with van der Waals surface area (Å²) in [5.41, 5.74) is 0. The van der Waals surface area contributed by atoms with Gasteiger partial charge in [0.15, 0.2) is 5.75 Å². The van der Waals surface area contributed by atoms with E-state index in [0.29, 0.717) is 12.2 Å². The molecule has 0 aromatic rings. The molecule has 2 atom stereocenters. The molecule has 1 N–H and O–H groups in total. The number of hydrogen-bond donors (Lipinski definition) is 1. The summed E-state index contributed by atoms with van der Waals surface area (Å²) in [5, 5.41) is 8.22. The molecule has 0 aromatic heterocycles. The van der Waals surface area contributed by atoms with Gasteiger partial charge in [0.25, 0.3) is 0 Å². The van der Waals surface area contributed by atoms with Gasteiger partial charge in [-0.05, 0) is 13.3 Å². The highest BCUT2D eigenvalue weighted by molar-refractivity contribution is 7.89. The third-order valence-corrected chi connectivity index (χ3v) is 3.55. The molecule has 5 nitrogen and oxygen atoms in total. The van der Waals surface area contributed by atoms with Gasteiger partial charge in [0.1, 0.15) is 0 Å². The molecule has 2 unspecified atom stereocenters. The Balaban J connectivity index is 4.01. The van der Waals surface area contributed by atoms with Crippen molar-refractivity contribution in [1.29, 1.82) is 5.26 Å². The quantitative estimate of drug-likeness (QED) is 0.681. The first kappa shape index (κ1) is 13.5. The second kappa shape index (κ2) is 6.11. The van der Waals surface area contributed by atoms with Crippen molar-refractivity contribution < 1.29 is 12.6 Å². The molecule has 0 aliphatic rings. The van der Waals surface area contributed by atoms with Gasteiger partial charge in [0.05, 0.1) is 6.07 Å². The zero-order chi connectivity index (χ0) is 11.2. The summed E-state index contributed by atoms with van der Waals surface area (Å²) >= 11 is 0. The van der Waals surface area contributed by atoms with Gasteiger partial charge >= 0.3 is 0 Å². The zero-order valence-electron chi connectivity index (χ0n) is 8.19. The van der Waals surface area contributed by atoms with Crippen LogP contribution in [0.4, 0.5) is 0 Å². The van der Waals surface area contributed by atoms with Crippen molar-refractivity contribution in [3.63, 3.8) is 0 Å². The van der Waals surface area contributed by atoms with E-state index < -0.39 is 26.6 Å². The van der Waals surface area contributed by atoms with Crippen LogP contribution in [0.5, 0.6) is 0 Å². The van der Waals surface area contributed by atoms with Crippen LogP contribution in [0.2, 0.25) is 0 Å². The molecule has 0 saturated heterocycles. The second-order valence-corrected chi connectivity index (χ2v) is 6.31. The fourth-order valence-electron chi connectivity index (χ4n) is 0.835. The molecule has 0 aliphatic heterocycles. The number of rotatable bonds is 6. The minimum Gasteiger partial charge on any atom is -0.260 e. The predicted molar refractivity (Wildman–Crippen MR) is 55.5 cm³/mol. The lowest BCUT2D eigenvalue weighted by Gasteiger charge is -2.11. The van der Waals surface area contributed by atoms with E-state index in [-0.39, 0.29) is 6.04 Å². The van der Waals surface area contributed by atoms with Crippen molar-refractivity contribution in [2.75, 3.05) is 17.8 Å². The van der Waals surface area contributed by atoms with Crippen molar-refractivity contribution in [1.82, 2.24) is 4.72 Å². The fraction of sp³-hybridized carbons (Fsp3) is 0.857. The summed E-state index contributed by atoms with van der Waals surface area (Å²) < 4.78 is 35.2. The summed E-state index contributed by atoms with van der Waals surface area (Å²) in [7, 11) is -4.41. The highest BCUT2D eigenvalue weighted by atomic mass is 32.2. The Morgan fingerprint density at radius 1 is 1.57 bits per heavy atom. The summed E-state index contributed by atoms with van der Waals surface area (Å²) in [6.45, 7) is 1.68. The van der Waals surface area contributed by atoms with E-state index in [9.17, 15) is 12.6 Å². The van der Waals surface area contributed by atoms with Crippen LogP contribution in [-0.4, -0.2) is 36.4 Å². The average molecular weight is 238 g/mol. The molecule has 0 aliphatic carbocycles. The molecular formula is C7H14N2O3S2. The lowest BCUT2D eigenvalue weighted by atomic mass is 10.3. The van der Waals surface area contributed by atoms with Crippen LogP contribution >= 0.6 is 0 Å². The van der Waals surface area contributed by atoms with E-state index in [0.717, 1.165) is 0 Å². The van der Waals surface area contributed by atoms with Gasteiger partial charge in [-0.1, -0.05) is 0 Å². The van der Waals surface area contributed by atoms with Crippen LogP contribution in [0.25, 0.3) is 0 Å². The Morgan fingerprint density at radius 2 is 2.14 bits per heavy atom. The highest BCUT2D eigenvalue weighted by Crippen LogP contribution is 1.95. The maximum Gasteiger partial charge on any atom is 0.225 e. The van der Waals surface area contributed by atoms with Gasteiger partial charge in [-0.15, -0.1) is 0 Å². The number of nitrogens with zero attached hydrogens (tertiary/aromatic N) is 1. The van der Waals surface area contributed by atoms with Crippen molar-refractivity contribution in [2.45, 2.75) is 19.4 Å². The summed E-state index contributed by atoms with van der Waals surface area (Å²) in [5.74, 6) is -0.0806. The number of sulfonamides is 1. The Morgan fingerprint density at radius 3 is 2.57 bits per heavy atom. The predicted octanol–water partition coefficient (Wildman–Crippen LogP) is -0.414. The number of nitrogens with one attached hydrogen (secondary N) is 1. The Labute approximate surface area is 87.0 Å². The molecule has 14 heavy (non-hydrogen) atoms. The van der Waals surface area contributed by atoms with Crippen LogP contribution in [0, 0.1) is 11.3 Å². The zero-order valence-corrected chi connectivity index (χ0v) is 9.82. The van der Waals surface area contributed by atoms with Gasteiger partial charge in [-0.25, -0.2) is 13.1 Å². The smallest absolute Gasteiger partial charge is 0.225 e. The van der Waals surface area contributed by atoms with Crippen LogP contribution in [-0.2, 0) is 20.8 Å². The first-order valence-corrected chi connectivity index (χ1v) is 7.42. The lowest BCUT2D eigenvalue weighted by molar-refractivity contribution is 0.559. The van der Waals surface area contributed by atoms with Crippen LogP contribution < -0.4 is 4.72 Å². The minimum absolute atomic E-state index is 0.280. The minimum atomic E-state index is -3.49. The van der Waals surface area contributed by atoms with Gasteiger partial charge < -0.3 is 0 Å². The van der Waals surface area contributed by atoms with E-state index in [2.05, 4.69) is 4.72 Å². The monoisotopic (exact) mass is 238 g/mol. The Hall–Kier alpha value is -0.450. The fourth-order valence-corrected chi connectivity index (χ4v) is 2.50. The Bertz CT molecular complexity index is 331. The summed E-state index contributed by atoms with van der Waals surface area (Å²) in [6, 6.07) is 1.29. The third-order valence-electron chi connectivity index (χ3n) is 1.47. The van der Waals surface area contributed by atoms with E-state index in [1.807, 2.05) is 0 Å². The van der Waals surface area contributed by atoms with Crippen molar-refractivity contribution in [3.05, 3.63) is 0 Å². The second-order valence-electron chi connectivity index (χ2n) is 3.00. The average Bonchev–Trinajstić information content (AvgIpc) is 1.99. The summed E-state index contributed by atoms with van der Waals surface area (Å²) in [4.78, 5) is 0. The van der Waals surface area contributed by atoms with E-state index in [4.69, 9.17) is 5.26 Å². The maximum atomic E-state index is 11.1. The standard InChI is InChI=1S/C7H14N2O3S2/c1-7(3-5-13(2)10)9-14(11,12)6-4-8/h7,9H,3,5-6H2,1-2H3. The lowest BCUT2D eigenvalue weighted by Crippen LogP contribution is -2.34. The van der Waals surface area contributed by atoms with Crippen LogP contribution in [0.1, 0.15) is 13.3 Å². The molecule has 0 bridgehead atoms. The molecule has 0 fully saturated rings. The number of nitriles is 1. The molecule has 0 saturated carbocycles. The molecule has 7 heteroatoms. The largest absolute Gasteiger partial charge is 0.260 e. The van der Waals surface area contributed by atoms with E-state index in [1.165, 1.54) is 0 Å². The van der Waals surface area contributed by atoms with Crippen molar-refractivity contribution in [3.8, 4) is 6.07 Å². The first-order valence-electron chi connectivity index (χ1n) is 4.04. The topological polar surface area (TPSA) is 87.0 Å². The molecule has 0 amide bonds. The van der Waals surface area contributed by atoms with Gasteiger partial charge in [-0.2, -0.15) is 5.26 Å². The first-order chi connectivity index (χ1) is 6.37. The van der Waals surface area contributed by atoms with Crippen molar-refractivity contribution >= 4 is 20.8 Å². The maximum absolute atomic E-state index is 11.1.